The van der Waals surface area contributed by atoms with Gasteiger partial charge < -0.3 is 9.75 Å². The Hall–Kier alpha value is -1.43. The number of halogens is 3. The first kappa shape index (κ1) is 14.0. The summed E-state index contributed by atoms with van der Waals surface area (Å²) >= 11 is 0. The normalized spacial score (nSPS) is 17.9. The van der Waals surface area contributed by atoms with Crippen molar-refractivity contribution in [2.75, 3.05) is 11.6 Å². The van der Waals surface area contributed by atoms with Crippen LogP contribution in [0.25, 0.3) is 0 Å². The third kappa shape index (κ3) is 2.49. The molecule has 19 heavy (non-hydrogen) atoms. The predicted molar refractivity (Wildman–Crippen MR) is 66.9 cm³/mol. The average Bonchev–Trinajstić information content (AvgIpc) is 2.37. The van der Waals surface area contributed by atoms with E-state index in [2.05, 4.69) is 0 Å². The zero-order chi connectivity index (χ0) is 14.3. The molecule has 0 saturated heterocycles. The number of hydrazine groups is 1. The summed E-state index contributed by atoms with van der Waals surface area (Å²) in [5.74, 6) is 6.28. The molecule has 3 nitrogen and oxygen atoms in total. The Balaban J connectivity index is 2.41. The van der Waals surface area contributed by atoms with Gasteiger partial charge in [-0.3, -0.25) is 0 Å². The van der Waals surface area contributed by atoms with E-state index < -0.39 is 17.3 Å². The van der Waals surface area contributed by atoms with Crippen molar-refractivity contribution < 1.29 is 17.9 Å². The van der Waals surface area contributed by atoms with Crippen LogP contribution in [0.15, 0.2) is 18.2 Å². The highest BCUT2D eigenvalue weighted by Gasteiger charge is 2.38. The van der Waals surface area contributed by atoms with Gasteiger partial charge in [-0.25, -0.2) is 5.84 Å². The van der Waals surface area contributed by atoms with Crippen LogP contribution < -0.4 is 15.6 Å². The number of rotatable bonds is 2. The molecule has 0 fully saturated rings. The molecule has 106 valence electrons. The van der Waals surface area contributed by atoms with Crippen molar-refractivity contribution in [2.24, 2.45) is 5.84 Å². The number of anilines is 1. The van der Waals surface area contributed by atoms with Crippen LogP contribution in [0, 0.1) is 0 Å². The van der Waals surface area contributed by atoms with Gasteiger partial charge in [-0.05, 0) is 31.0 Å². The van der Waals surface area contributed by atoms with E-state index in [-0.39, 0.29) is 5.69 Å². The van der Waals surface area contributed by atoms with E-state index in [0.29, 0.717) is 12.3 Å². The molecule has 1 aliphatic rings. The second-order valence-electron chi connectivity index (χ2n) is 4.80. The molecule has 1 aromatic carbocycles. The summed E-state index contributed by atoms with van der Waals surface area (Å²) in [5.41, 5.74) is -0.861. The van der Waals surface area contributed by atoms with Crippen LogP contribution in [0.5, 0.6) is 5.75 Å². The molecule has 2 rings (SSSR count). The number of benzene rings is 1. The molecule has 0 aliphatic carbocycles. The first-order chi connectivity index (χ1) is 8.81. The Morgan fingerprint density at radius 3 is 2.47 bits per heavy atom. The first-order valence-electron chi connectivity index (χ1n) is 6.24. The van der Waals surface area contributed by atoms with Crippen LogP contribution >= 0.6 is 0 Å². The predicted octanol–water partition coefficient (Wildman–Crippen LogP) is 3.34. The molecule has 6 heteroatoms. The van der Waals surface area contributed by atoms with Crippen LogP contribution in [0.4, 0.5) is 18.9 Å². The van der Waals surface area contributed by atoms with E-state index in [0.717, 1.165) is 25.0 Å². The zero-order valence-electron chi connectivity index (χ0n) is 10.9. The lowest BCUT2D eigenvalue weighted by molar-refractivity contribution is -0.137. The van der Waals surface area contributed by atoms with Gasteiger partial charge in [0.05, 0.1) is 17.8 Å². The Bertz CT molecular complexity index is 469. The molecule has 0 bridgehead atoms. The van der Waals surface area contributed by atoms with E-state index in [9.17, 15) is 13.2 Å². The van der Waals surface area contributed by atoms with Crippen molar-refractivity contribution in [2.45, 2.75) is 38.5 Å². The van der Waals surface area contributed by atoms with Gasteiger partial charge >= 0.3 is 6.18 Å². The topological polar surface area (TPSA) is 38.5 Å². The van der Waals surface area contributed by atoms with Crippen LogP contribution in [-0.2, 0) is 6.18 Å². The average molecular weight is 274 g/mol. The molecule has 0 unspecified atom stereocenters. The van der Waals surface area contributed by atoms with Gasteiger partial charge in [0.15, 0.2) is 0 Å². The van der Waals surface area contributed by atoms with Gasteiger partial charge in [-0.15, -0.1) is 0 Å². The molecule has 0 aromatic heterocycles. The molecule has 0 radical (unpaired) electrons. The Morgan fingerprint density at radius 1 is 1.32 bits per heavy atom. The number of hydrogen-bond acceptors (Lipinski definition) is 3. The molecule has 1 aliphatic heterocycles. The smallest absolute Gasteiger partial charge is 0.416 e. The van der Waals surface area contributed by atoms with E-state index >= 15 is 0 Å². The molecule has 0 atom stereocenters. The highest BCUT2D eigenvalue weighted by atomic mass is 19.4. The number of fused-ring (bicyclic) bond motifs is 1. The summed E-state index contributed by atoms with van der Waals surface area (Å²) in [6.07, 6.45) is -2.88. The lowest BCUT2D eigenvalue weighted by Crippen LogP contribution is -2.53. The van der Waals surface area contributed by atoms with E-state index in [1.807, 2.05) is 13.8 Å². The van der Waals surface area contributed by atoms with Gasteiger partial charge in [0, 0.05) is 0 Å². The minimum absolute atomic E-state index is 0.285. The Kier molecular flexibility index (Phi) is 3.38. The summed E-state index contributed by atoms with van der Waals surface area (Å²) in [7, 11) is 0. The quantitative estimate of drug-likeness (QED) is 0.841. The third-order valence-electron chi connectivity index (χ3n) is 3.67. The summed E-state index contributed by atoms with van der Waals surface area (Å²) < 4.78 is 43.9. The van der Waals surface area contributed by atoms with Crippen LogP contribution in [0.1, 0.15) is 32.3 Å². The van der Waals surface area contributed by atoms with Crippen molar-refractivity contribution >= 4 is 5.69 Å². The molecular formula is C13H17F3N2O. The summed E-state index contributed by atoms with van der Waals surface area (Å²) in [4.78, 5) is 0. The summed E-state index contributed by atoms with van der Waals surface area (Å²) in [6, 6.07) is 3.40. The maximum absolute atomic E-state index is 12.7. The van der Waals surface area contributed by atoms with Crippen molar-refractivity contribution in [3.63, 3.8) is 0 Å². The molecular weight excluding hydrogens is 257 g/mol. The van der Waals surface area contributed by atoms with Crippen LogP contribution in [0.3, 0.4) is 0 Å². The van der Waals surface area contributed by atoms with Crippen molar-refractivity contribution in [1.29, 1.82) is 0 Å². The molecule has 2 N–H and O–H groups in total. The highest BCUT2D eigenvalue weighted by molar-refractivity contribution is 5.61. The van der Waals surface area contributed by atoms with Gasteiger partial charge in [0.2, 0.25) is 0 Å². The number of nitrogens with zero attached hydrogens (tertiary/aromatic N) is 1. The van der Waals surface area contributed by atoms with Gasteiger partial charge in [-0.2, -0.15) is 13.2 Å². The monoisotopic (exact) mass is 274 g/mol. The second kappa shape index (κ2) is 4.59. The molecule has 0 saturated carbocycles. The SMILES string of the molecule is CCC1(CC)CN(N)c2cc(C(F)(F)F)ccc2O1. The van der Waals surface area contributed by atoms with Gasteiger partial charge in [-0.1, -0.05) is 13.8 Å². The fourth-order valence-corrected chi connectivity index (χ4v) is 2.28. The Labute approximate surface area is 110 Å². The summed E-state index contributed by atoms with van der Waals surface area (Å²) in [6.45, 7) is 4.34. The van der Waals surface area contributed by atoms with Gasteiger partial charge in [0.1, 0.15) is 11.4 Å². The third-order valence-corrected chi connectivity index (χ3v) is 3.67. The lowest BCUT2D eigenvalue weighted by Gasteiger charge is -2.42. The number of nitrogens with two attached hydrogens (primary N) is 1. The molecule has 0 spiro atoms. The molecule has 0 amide bonds. The van der Waals surface area contributed by atoms with Gasteiger partial charge in [0.25, 0.3) is 0 Å². The second-order valence-corrected chi connectivity index (χ2v) is 4.80. The maximum Gasteiger partial charge on any atom is 0.416 e. The number of hydrogen-bond donors (Lipinski definition) is 1. The maximum atomic E-state index is 12.7. The standard InChI is InChI=1S/C13H17F3N2O/c1-3-12(4-2)8-18(17)10-7-9(13(14,15)16)5-6-11(10)19-12/h5-7H,3-4,8,17H2,1-2H3. The summed E-state index contributed by atoms with van der Waals surface area (Å²) in [5, 5.41) is 1.35. The molecule has 1 aromatic rings. The minimum atomic E-state index is -4.38. The lowest BCUT2D eigenvalue weighted by atomic mass is 9.94. The Morgan fingerprint density at radius 2 is 1.95 bits per heavy atom. The van der Waals surface area contributed by atoms with Crippen LogP contribution in [0.2, 0.25) is 0 Å². The molecule has 1 heterocycles. The van der Waals surface area contributed by atoms with E-state index in [1.54, 1.807) is 0 Å². The van der Waals surface area contributed by atoms with Crippen molar-refractivity contribution in [3.05, 3.63) is 23.8 Å². The minimum Gasteiger partial charge on any atom is -0.483 e. The fourth-order valence-electron chi connectivity index (χ4n) is 2.28. The van der Waals surface area contributed by atoms with Crippen molar-refractivity contribution in [1.82, 2.24) is 0 Å². The number of ether oxygens (including phenoxy) is 1. The zero-order valence-corrected chi connectivity index (χ0v) is 10.9. The van der Waals surface area contributed by atoms with Crippen LogP contribution in [-0.4, -0.2) is 12.1 Å². The highest BCUT2D eigenvalue weighted by Crippen LogP contribution is 2.41. The first-order valence-corrected chi connectivity index (χ1v) is 6.24. The largest absolute Gasteiger partial charge is 0.483 e. The van der Waals surface area contributed by atoms with E-state index in [4.69, 9.17) is 10.6 Å². The van der Waals surface area contributed by atoms with Crippen molar-refractivity contribution in [3.8, 4) is 5.75 Å². The number of alkyl halides is 3. The fraction of sp³-hybridized carbons (Fsp3) is 0.538. The van der Waals surface area contributed by atoms with E-state index in [1.165, 1.54) is 11.1 Å².